The quantitative estimate of drug-likeness (QED) is 0.680. The van der Waals surface area contributed by atoms with E-state index in [-0.39, 0.29) is 11.4 Å². The van der Waals surface area contributed by atoms with Gasteiger partial charge in [-0.15, -0.1) is 0 Å². The molecule has 0 amide bonds. The molecule has 19 heavy (non-hydrogen) atoms. The summed E-state index contributed by atoms with van der Waals surface area (Å²) in [7, 11) is 0. The lowest BCUT2D eigenvalue weighted by atomic mass is 9.59. The molecule has 1 rings (SSSR count). The van der Waals surface area contributed by atoms with Crippen molar-refractivity contribution in [3.8, 4) is 6.07 Å². The van der Waals surface area contributed by atoms with Crippen molar-refractivity contribution < 1.29 is 9.53 Å². The standard InChI is InChI=1S/C16H27NO2/c1-4-16(5-2,13-10-8-7-9-11-13)14(12-17)15(18)19-6-3/h13-14H,4-11H2,1-3H3/t14-/m1/s1. The van der Waals surface area contributed by atoms with E-state index in [0.717, 1.165) is 25.7 Å². The van der Waals surface area contributed by atoms with Crippen molar-refractivity contribution in [2.45, 2.75) is 65.7 Å². The number of hydrogen-bond donors (Lipinski definition) is 0. The highest BCUT2D eigenvalue weighted by molar-refractivity contribution is 5.76. The minimum absolute atomic E-state index is 0.193. The summed E-state index contributed by atoms with van der Waals surface area (Å²) >= 11 is 0. The maximum absolute atomic E-state index is 12.1. The molecule has 0 unspecified atom stereocenters. The molecule has 1 aliphatic carbocycles. The lowest BCUT2D eigenvalue weighted by Gasteiger charge is -2.43. The Morgan fingerprint density at radius 1 is 1.26 bits per heavy atom. The van der Waals surface area contributed by atoms with E-state index in [1.165, 1.54) is 19.3 Å². The Hall–Kier alpha value is -1.04. The number of carbonyl (C=O) groups is 1. The summed E-state index contributed by atoms with van der Waals surface area (Å²) < 4.78 is 5.13. The maximum atomic E-state index is 12.1. The molecule has 3 nitrogen and oxygen atoms in total. The van der Waals surface area contributed by atoms with Crippen LogP contribution in [0, 0.1) is 28.6 Å². The molecule has 1 saturated carbocycles. The molecule has 0 N–H and O–H groups in total. The average molecular weight is 265 g/mol. The lowest BCUT2D eigenvalue weighted by molar-refractivity contribution is -0.152. The summed E-state index contributed by atoms with van der Waals surface area (Å²) in [6.45, 7) is 6.38. The second-order valence-electron chi connectivity index (χ2n) is 5.59. The summed E-state index contributed by atoms with van der Waals surface area (Å²) in [6.07, 6.45) is 7.81. The van der Waals surface area contributed by atoms with Crippen molar-refractivity contribution in [1.82, 2.24) is 0 Å². The number of esters is 1. The third kappa shape index (κ3) is 3.29. The predicted octanol–water partition coefficient (Wildman–Crippen LogP) is 4.08. The number of ether oxygens (including phenoxy) is 1. The van der Waals surface area contributed by atoms with E-state index in [1.54, 1.807) is 6.92 Å². The Labute approximate surface area is 117 Å². The molecule has 0 aromatic heterocycles. The van der Waals surface area contributed by atoms with Crippen molar-refractivity contribution in [3.63, 3.8) is 0 Å². The molecule has 3 heteroatoms. The summed E-state index contributed by atoms with van der Waals surface area (Å²) in [5.74, 6) is -0.435. The van der Waals surface area contributed by atoms with Gasteiger partial charge in [-0.05, 0) is 43.9 Å². The monoisotopic (exact) mass is 265 g/mol. The average Bonchev–Trinajstić information content (AvgIpc) is 2.46. The van der Waals surface area contributed by atoms with Crippen molar-refractivity contribution in [1.29, 1.82) is 5.26 Å². The number of carbonyl (C=O) groups excluding carboxylic acids is 1. The van der Waals surface area contributed by atoms with Crippen LogP contribution < -0.4 is 0 Å². The van der Waals surface area contributed by atoms with Crippen LogP contribution in [0.3, 0.4) is 0 Å². The summed E-state index contributed by atoms with van der Waals surface area (Å²) in [6, 6.07) is 2.25. The van der Waals surface area contributed by atoms with Crippen LogP contribution in [-0.4, -0.2) is 12.6 Å². The topological polar surface area (TPSA) is 50.1 Å². The van der Waals surface area contributed by atoms with Crippen molar-refractivity contribution in [2.24, 2.45) is 17.3 Å². The SMILES string of the molecule is CCOC(=O)[C@@H](C#N)C(CC)(CC)C1CCCCC1. The summed E-state index contributed by atoms with van der Waals surface area (Å²) in [4.78, 5) is 12.1. The number of hydrogen-bond acceptors (Lipinski definition) is 3. The van der Waals surface area contributed by atoms with E-state index in [1.807, 2.05) is 0 Å². The first-order valence-corrected chi connectivity index (χ1v) is 7.72. The Balaban J connectivity index is 3.00. The zero-order valence-electron chi connectivity index (χ0n) is 12.6. The van der Waals surface area contributed by atoms with Crippen LogP contribution in [0.1, 0.15) is 65.7 Å². The van der Waals surface area contributed by atoms with Crippen molar-refractivity contribution in [3.05, 3.63) is 0 Å². The zero-order valence-corrected chi connectivity index (χ0v) is 12.6. The first-order valence-electron chi connectivity index (χ1n) is 7.72. The van der Waals surface area contributed by atoms with Gasteiger partial charge in [0.1, 0.15) is 5.92 Å². The molecular weight excluding hydrogens is 238 g/mol. The molecule has 0 heterocycles. The van der Waals surface area contributed by atoms with Crippen molar-refractivity contribution in [2.75, 3.05) is 6.61 Å². The highest BCUT2D eigenvalue weighted by atomic mass is 16.5. The van der Waals surface area contributed by atoms with E-state index in [4.69, 9.17) is 4.74 Å². The van der Waals surface area contributed by atoms with Gasteiger partial charge >= 0.3 is 5.97 Å². The van der Waals surface area contributed by atoms with Gasteiger partial charge in [0.25, 0.3) is 0 Å². The number of rotatable bonds is 6. The minimum atomic E-state index is -0.606. The molecule has 108 valence electrons. The number of nitrogens with zero attached hydrogens (tertiary/aromatic N) is 1. The van der Waals surface area contributed by atoms with Gasteiger partial charge in [-0.25, -0.2) is 0 Å². The van der Waals surface area contributed by atoms with Crippen LogP contribution in [0.5, 0.6) is 0 Å². The molecule has 1 atom stereocenters. The van der Waals surface area contributed by atoms with Gasteiger partial charge < -0.3 is 4.74 Å². The van der Waals surface area contributed by atoms with Crippen LogP contribution >= 0.6 is 0 Å². The maximum Gasteiger partial charge on any atom is 0.323 e. The molecule has 0 aliphatic heterocycles. The van der Waals surface area contributed by atoms with E-state index in [2.05, 4.69) is 19.9 Å². The highest BCUT2D eigenvalue weighted by Crippen LogP contribution is 2.49. The molecule has 1 fully saturated rings. The van der Waals surface area contributed by atoms with E-state index < -0.39 is 5.92 Å². The Bertz CT molecular complexity index is 322. The van der Waals surface area contributed by atoms with Crippen LogP contribution in [0.2, 0.25) is 0 Å². The summed E-state index contributed by atoms with van der Waals surface area (Å²) in [5, 5.41) is 9.50. The normalized spacial score (nSPS) is 18.6. The van der Waals surface area contributed by atoms with Gasteiger partial charge in [0.2, 0.25) is 0 Å². The molecule has 0 spiro atoms. The molecule has 0 aromatic rings. The molecule has 0 radical (unpaired) electrons. The van der Waals surface area contributed by atoms with Gasteiger partial charge in [-0.1, -0.05) is 33.1 Å². The van der Waals surface area contributed by atoms with Crippen molar-refractivity contribution >= 4 is 5.97 Å². The first kappa shape index (κ1) is 16.0. The van der Waals surface area contributed by atoms with Gasteiger partial charge in [0, 0.05) is 0 Å². The Morgan fingerprint density at radius 2 is 1.84 bits per heavy atom. The smallest absolute Gasteiger partial charge is 0.323 e. The van der Waals surface area contributed by atoms with Crippen LogP contribution in [-0.2, 0) is 9.53 Å². The van der Waals surface area contributed by atoms with Crippen LogP contribution in [0.15, 0.2) is 0 Å². The van der Waals surface area contributed by atoms with Crippen LogP contribution in [0.25, 0.3) is 0 Å². The molecule has 0 aromatic carbocycles. The second-order valence-corrected chi connectivity index (χ2v) is 5.59. The molecule has 0 saturated heterocycles. The predicted molar refractivity (Wildman–Crippen MR) is 75.3 cm³/mol. The first-order chi connectivity index (χ1) is 9.16. The van der Waals surface area contributed by atoms with Gasteiger partial charge in [0.05, 0.1) is 12.7 Å². The Kier molecular flexibility index (Phi) is 6.34. The number of nitriles is 1. The third-order valence-electron chi connectivity index (χ3n) is 4.96. The summed E-state index contributed by atoms with van der Waals surface area (Å²) in [5.41, 5.74) is -0.193. The van der Waals surface area contributed by atoms with E-state index in [9.17, 15) is 10.1 Å². The fourth-order valence-corrected chi connectivity index (χ4v) is 3.79. The molecule has 0 bridgehead atoms. The van der Waals surface area contributed by atoms with Gasteiger partial charge in [-0.2, -0.15) is 5.26 Å². The van der Waals surface area contributed by atoms with Gasteiger partial charge in [-0.3, -0.25) is 4.79 Å². The van der Waals surface area contributed by atoms with Gasteiger partial charge in [0.15, 0.2) is 0 Å². The van der Waals surface area contributed by atoms with Crippen LogP contribution in [0.4, 0.5) is 0 Å². The largest absolute Gasteiger partial charge is 0.465 e. The fourth-order valence-electron chi connectivity index (χ4n) is 3.79. The molecular formula is C16H27NO2. The minimum Gasteiger partial charge on any atom is -0.465 e. The van der Waals surface area contributed by atoms with E-state index in [0.29, 0.717) is 12.5 Å². The highest BCUT2D eigenvalue weighted by Gasteiger charge is 2.47. The Morgan fingerprint density at radius 3 is 2.26 bits per heavy atom. The zero-order chi connectivity index (χ0) is 14.3. The molecule has 1 aliphatic rings. The lowest BCUT2D eigenvalue weighted by Crippen LogP contribution is -2.42. The fraction of sp³-hybridized carbons (Fsp3) is 0.875. The third-order valence-corrected chi connectivity index (χ3v) is 4.96. The van der Waals surface area contributed by atoms with E-state index >= 15 is 0 Å². The second kappa shape index (κ2) is 7.53.